The van der Waals surface area contributed by atoms with Crippen LogP contribution in [-0.2, 0) is 14.3 Å². The van der Waals surface area contributed by atoms with Crippen LogP contribution in [0, 0.1) is 5.92 Å². The van der Waals surface area contributed by atoms with Gasteiger partial charge in [0.05, 0.1) is 24.2 Å². The predicted molar refractivity (Wildman–Crippen MR) is 89.0 cm³/mol. The van der Waals surface area contributed by atoms with E-state index in [-0.39, 0.29) is 29.5 Å². The Kier molecular flexibility index (Phi) is 5.38. The van der Waals surface area contributed by atoms with E-state index in [2.05, 4.69) is 0 Å². The standard InChI is InChI=1S/C19H22O6/c1-2-9-23-19(22)12-3-6-14(7-4-12)25-17-11-24-16-10-13(20)5-8-15(16)18(17)21/h3-4,6-7,11,13,15-16,20H,2,5,8-10H2,1H3. The molecule has 3 atom stereocenters. The number of Topliss-reactive ketones (excluding diaryl/α,β-unsaturated/α-hetero) is 1. The van der Waals surface area contributed by atoms with Gasteiger partial charge in [-0.2, -0.15) is 0 Å². The lowest BCUT2D eigenvalue weighted by atomic mass is 9.80. The molecule has 134 valence electrons. The van der Waals surface area contributed by atoms with Crippen molar-refractivity contribution in [3.63, 3.8) is 0 Å². The molecular weight excluding hydrogens is 324 g/mol. The third kappa shape index (κ3) is 4.02. The van der Waals surface area contributed by atoms with Crippen LogP contribution >= 0.6 is 0 Å². The minimum absolute atomic E-state index is 0.102. The number of carbonyl (C=O) groups is 2. The molecule has 1 fully saturated rings. The fourth-order valence-corrected chi connectivity index (χ4v) is 3.09. The summed E-state index contributed by atoms with van der Waals surface area (Å²) in [5, 5.41) is 9.68. The van der Waals surface area contributed by atoms with Gasteiger partial charge in [0.2, 0.25) is 11.5 Å². The highest BCUT2D eigenvalue weighted by atomic mass is 16.5. The number of hydrogen-bond acceptors (Lipinski definition) is 6. The van der Waals surface area contributed by atoms with Crippen LogP contribution in [0.5, 0.6) is 5.75 Å². The third-order valence-corrected chi connectivity index (χ3v) is 4.45. The Morgan fingerprint density at radius 2 is 2.04 bits per heavy atom. The number of esters is 1. The number of allylic oxidation sites excluding steroid dienone is 1. The Balaban J connectivity index is 1.64. The summed E-state index contributed by atoms with van der Waals surface area (Å²) in [5.41, 5.74) is 0.433. The molecule has 0 amide bonds. The SMILES string of the molecule is CCCOC(=O)c1ccc(OC2=COC3CC(O)CCC3C2=O)cc1. The summed E-state index contributed by atoms with van der Waals surface area (Å²) in [6, 6.07) is 6.43. The number of carbonyl (C=O) groups excluding carboxylic acids is 2. The van der Waals surface area contributed by atoms with Crippen molar-refractivity contribution in [3.05, 3.63) is 41.9 Å². The van der Waals surface area contributed by atoms with E-state index in [4.69, 9.17) is 14.2 Å². The van der Waals surface area contributed by atoms with Gasteiger partial charge in [-0.15, -0.1) is 0 Å². The van der Waals surface area contributed by atoms with Crippen molar-refractivity contribution in [1.29, 1.82) is 0 Å². The van der Waals surface area contributed by atoms with Crippen LogP contribution in [0.25, 0.3) is 0 Å². The first-order valence-electron chi connectivity index (χ1n) is 8.61. The van der Waals surface area contributed by atoms with E-state index in [1.54, 1.807) is 24.3 Å². The van der Waals surface area contributed by atoms with Gasteiger partial charge in [0.15, 0.2) is 0 Å². The number of ether oxygens (including phenoxy) is 3. The molecule has 3 rings (SSSR count). The van der Waals surface area contributed by atoms with Gasteiger partial charge in [0, 0.05) is 6.42 Å². The largest absolute Gasteiger partial charge is 0.493 e. The predicted octanol–water partition coefficient (Wildman–Crippen LogP) is 2.60. The minimum Gasteiger partial charge on any atom is -0.493 e. The highest BCUT2D eigenvalue weighted by Crippen LogP contribution is 2.34. The minimum atomic E-state index is -0.412. The lowest BCUT2D eigenvalue weighted by molar-refractivity contribution is -0.132. The summed E-state index contributed by atoms with van der Waals surface area (Å²) in [4.78, 5) is 24.3. The zero-order valence-corrected chi connectivity index (χ0v) is 14.1. The molecule has 0 spiro atoms. The molecule has 1 aliphatic carbocycles. The number of aliphatic hydroxyl groups is 1. The summed E-state index contributed by atoms with van der Waals surface area (Å²) in [5.74, 6) is -0.155. The first-order chi connectivity index (χ1) is 12.1. The highest BCUT2D eigenvalue weighted by Gasteiger charge is 2.40. The van der Waals surface area contributed by atoms with Crippen LogP contribution in [-0.4, -0.2) is 35.7 Å². The Labute approximate surface area is 146 Å². The van der Waals surface area contributed by atoms with Gasteiger partial charge in [0.25, 0.3) is 0 Å². The van der Waals surface area contributed by atoms with E-state index in [0.29, 0.717) is 37.2 Å². The van der Waals surface area contributed by atoms with E-state index >= 15 is 0 Å². The maximum atomic E-state index is 12.5. The van der Waals surface area contributed by atoms with Crippen LogP contribution in [0.4, 0.5) is 0 Å². The molecule has 25 heavy (non-hydrogen) atoms. The quantitative estimate of drug-likeness (QED) is 0.825. The molecule has 0 bridgehead atoms. The Hall–Kier alpha value is -2.34. The Morgan fingerprint density at radius 3 is 2.76 bits per heavy atom. The summed E-state index contributed by atoms with van der Waals surface area (Å²) < 4.78 is 16.3. The molecule has 6 nitrogen and oxygen atoms in total. The van der Waals surface area contributed by atoms with Crippen molar-refractivity contribution in [2.75, 3.05) is 6.61 Å². The molecule has 1 saturated carbocycles. The lowest BCUT2D eigenvalue weighted by Gasteiger charge is -2.35. The lowest BCUT2D eigenvalue weighted by Crippen LogP contribution is -2.41. The first-order valence-corrected chi connectivity index (χ1v) is 8.61. The molecule has 1 aromatic rings. The summed E-state index contributed by atoms with van der Waals surface area (Å²) in [6.07, 6.45) is 3.05. The highest BCUT2D eigenvalue weighted by molar-refractivity contribution is 5.96. The molecule has 1 heterocycles. The molecule has 1 N–H and O–H groups in total. The fraction of sp³-hybridized carbons (Fsp3) is 0.474. The molecule has 0 aromatic heterocycles. The van der Waals surface area contributed by atoms with Crippen molar-refractivity contribution in [3.8, 4) is 5.75 Å². The summed E-state index contributed by atoms with van der Waals surface area (Å²) in [7, 11) is 0. The molecule has 3 unspecified atom stereocenters. The van der Waals surface area contributed by atoms with Gasteiger partial charge >= 0.3 is 5.97 Å². The molecule has 1 aromatic carbocycles. The average Bonchev–Trinajstić information content (AvgIpc) is 2.62. The first kappa shape index (κ1) is 17.5. The fourth-order valence-electron chi connectivity index (χ4n) is 3.09. The summed E-state index contributed by atoms with van der Waals surface area (Å²) >= 11 is 0. The van der Waals surface area contributed by atoms with Gasteiger partial charge in [-0.25, -0.2) is 4.79 Å². The van der Waals surface area contributed by atoms with Gasteiger partial charge in [-0.05, 0) is 43.5 Å². The zero-order valence-electron chi connectivity index (χ0n) is 14.1. The van der Waals surface area contributed by atoms with E-state index in [9.17, 15) is 14.7 Å². The average molecular weight is 346 g/mol. The second kappa shape index (κ2) is 7.70. The number of rotatable bonds is 5. The van der Waals surface area contributed by atoms with Crippen LogP contribution in [0.15, 0.2) is 36.3 Å². The number of aliphatic hydroxyl groups excluding tert-OH is 1. The topological polar surface area (TPSA) is 82.1 Å². The van der Waals surface area contributed by atoms with Gasteiger partial charge in [-0.3, -0.25) is 4.79 Å². The molecule has 0 radical (unpaired) electrons. The van der Waals surface area contributed by atoms with Crippen molar-refractivity contribution >= 4 is 11.8 Å². The van der Waals surface area contributed by atoms with E-state index < -0.39 is 6.10 Å². The Bertz CT molecular complexity index is 663. The van der Waals surface area contributed by atoms with Crippen molar-refractivity contribution in [2.24, 2.45) is 5.92 Å². The second-order valence-corrected chi connectivity index (χ2v) is 6.36. The van der Waals surface area contributed by atoms with Crippen molar-refractivity contribution in [1.82, 2.24) is 0 Å². The monoisotopic (exact) mass is 346 g/mol. The molecule has 0 saturated heterocycles. The number of benzene rings is 1. The number of ketones is 1. The zero-order chi connectivity index (χ0) is 17.8. The number of hydrogen-bond donors (Lipinski definition) is 1. The van der Waals surface area contributed by atoms with E-state index in [0.717, 1.165) is 6.42 Å². The normalized spacial score (nSPS) is 25.4. The van der Waals surface area contributed by atoms with Crippen LogP contribution < -0.4 is 4.74 Å². The maximum absolute atomic E-state index is 12.5. The third-order valence-electron chi connectivity index (χ3n) is 4.45. The second-order valence-electron chi connectivity index (χ2n) is 6.36. The van der Waals surface area contributed by atoms with Crippen LogP contribution in [0.3, 0.4) is 0 Å². The maximum Gasteiger partial charge on any atom is 0.338 e. The molecule has 2 aliphatic rings. The van der Waals surface area contributed by atoms with Crippen molar-refractivity contribution in [2.45, 2.75) is 44.8 Å². The van der Waals surface area contributed by atoms with Gasteiger partial charge in [0.1, 0.15) is 18.1 Å². The van der Waals surface area contributed by atoms with Gasteiger partial charge < -0.3 is 19.3 Å². The van der Waals surface area contributed by atoms with E-state index in [1.807, 2.05) is 6.92 Å². The van der Waals surface area contributed by atoms with Crippen LogP contribution in [0.1, 0.15) is 43.0 Å². The van der Waals surface area contributed by atoms with Crippen LogP contribution in [0.2, 0.25) is 0 Å². The number of fused-ring (bicyclic) bond motifs is 1. The molecule has 1 aliphatic heterocycles. The van der Waals surface area contributed by atoms with E-state index in [1.165, 1.54) is 6.26 Å². The van der Waals surface area contributed by atoms with Crippen molar-refractivity contribution < 1.29 is 28.9 Å². The molecular formula is C19H22O6. The Morgan fingerprint density at radius 1 is 1.28 bits per heavy atom. The van der Waals surface area contributed by atoms with Gasteiger partial charge in [-0.1, -0.05) is 6.92 Å². The smallest absolute Gasteiger partial charge is 0.338 e. The summed E-state index contributed by atoms with van der Waals surface area (Å²) in [6.45, 7) is 2.31. The molecule has 6 heteroatoms.